The summed E-state index contributed by atoms with van der Waals surface area (Å²) in [6.45, 7) is 9.14. The lowest BCUT2D eigenvalue weighted by molar-refractivity contribution is 0.0599. The van der Waals surface area contributed by atoms with Crippen LogP contribution in [0.4, 0.5) is 0 Å². The van der Waals surface area contributed by atoms with Crippen LogP contribution in [-0.4, -0.2) is 30.6 Å². The van der Waals surface area contributed by atoms with E-state index >= 15 is 0 Å². The Morgan fingerprint density at radius 1 is 1.16 bits per heavy atom. The Bertz CT molecular complexity index is 350. The lowest BCUT2D eigenvalue weighted by Crippen LogP contribution is -2.50. The third-order valence-electron chi connectivity index (χ3n) is 4.31. The van der Waals surface area contributed by atoms with E-state index in [0.29, 0.717) is 0 Å². The Morgan fingerprint density at radius 2 is 1.95 bits per heavy atom. The van der Waals surface area contributed by atoms with E-state index in [1.807, 2.05) is 0 Å². The molecule has 0 spiro atoms. The van der Waals surface area contributed by atoms with Gasteiger partial charge in [0.25, 0.3) is 0 Å². The number of nitrogens with one attached hydrogen (secondary N) is 1. The van der Waals surface area contributed by atoms with Crippen molar-refractivity contribution in [3.05, 3.63) is 35.9 Å². The second kappa shape index (κ2) is 7.66. The van der Waals surface area contributed by atoms with Crippen LogP contribution in [0.25, 0.3) is 0 Å². The highest BCUT2D eigenvalue weighted by atomic mass is 15.2. The Kier molecular flexibility index (Phi) is 5.87. The molecule has 2 nitrogen and oxygen atoms in total. The molecule has 1 aliphatic carbocycles. The van der Waals surface area contributed by atoms with Crippen molar-refractivity contribution in [3.63, 3.8) is 0 Å². The zero-order valence-electron chi connectivity index (χ0n) is 12.4. The second-order valence-electron chi connectivity index (χ2n) is 5.66. The average Bonchev–Trinajstić information content (AvgIpc) is 2.42. The molecule has 2 unspecified atom stereocenters. The summed E-state index contributed by atoms with van der Waals surface area (Å²) in [5.41, 5.74) is 1.44. The van der Waals surface area contributed by atoms with E-state index in [2.05, 4.69) is 54.4 Å². The topological polar surface area (TPSA) is 15.3 Å². The molecule has 1 aliphatic rings. The van der Waals surface area contributed by atoms with Crippen molar-refractivity contribution in [1.82, 2.24) is 10.2 Å². The maximum atomic E-state index is 3.58. The van der Waals surface area contributed by atoms with Gasteiger partial charge in [-0.2, -0.15) is 0 Å². The third kappa shape index (κ3) is 4.05. The Hall–Kier alpha value is -0.860. The van der Waals surface area contributed by atoms with Crippen LogP contribution in [0.5, 0.6) is 0 Å². The lowest BCUT2D eigenvalue weighted by Gasteiger charge is -2.44. The monoisotopic (exact) mass is 260 g/mol. The van der Waals surface area contributed by atoms with Gasteiger partial charge in [0.2, 0.25) is 0 Å². The Balaban J connectivity index is 1.84. The average molecular weight is 260 g/mol. The van der Waals surface area contributed by atoms with Crippen molar-refractivity contribution >= 4 is 0 Å². The molecule has 1 aromatic carbocycles. The maximum Gasteiger partial charge on any atom is 0.0236 e. The first-order chi connectivity index (χ1) is 9.35. The summed E-state index contributed by atoms with van der Waals surface area (Å²) in [7, 11) is 0. The van der Waals surface area contributed by atoms with Gasteiger partial charge in [-0.05, 0) is 50.4 Å². The number of benzene rings is 1. The molecule has 106 valence electrons. The fourth-order valence-corrected chi connectivity index (χ4v) is 3.02. The highest BCUT2D eigenvalue weighted by molar-refractivity contribution is 5.14. The standard InChI is InChI=1S/C17H28N2/c1-3-12-18-13-16-10-11-17(16)19(4-2)14-15-8-6-5-7-9-15/h5-9,16-18H,3-4,10-14H2,1-2H3. The van der Waals surface area contributed by atoms with Crippen LogP contribution in [0.2, 0.25) is 0 Å². The van der Waals surface area contributed by atoms with Crippen molar-refractivity contribution in [2.45, 2.75) is 45.7 Å². The van der Waals surface area contributed by atoms with Crippen LogP contribution >= 0.6 is 0 Å². The van der Waals surface area contributed by atoms with Gasteiger partial charge >= 0.3 is 0 Å². The number of nitrogens with zero attached hydrogens (tertiary/aromatic N) is 1. The van der Waals surface area contributed by atoms with Crippen LogP contribution in [0.3, 0.4) is 0 Å². The van der Waals surface area contributed by atoms with Crippen LogP contribution in [-0.2, 0) is 6.54 Å². The summed E-state index contributed by atoms with van der Waals surface area (Å²) in [5.74, 6) is 0.857. The lowest BCUT2D eigenvalue weighted by atomic mass is 9.78. The molecule has 2 heteroatoms. The predicted octanol–water partition coefficient (Wildman–Crippen LogP) is 3.29. The molecule has 2 rings (SSSR count). The van der Waals surface area contributed by atoms with Gasteiger partial charge in [-0.3, -0.25) is 4.90 Å². The van der Waals surface area contributed by atoms with Crippen LogP contribution in [0.1, 0.15) is 38.7 Å². The molecule has 0 aliphatic heterocycles. The van der Waals surface area contributed by atoms with Gasteiger partial charge in [0.05, 0.1) is 0 Å². The summed E-state index contributed by atoms with van der Waals surface area (Å²) in [6, 6.07) is 11.7. The molecule has 0 heterocycles. The van der Waals surface area contributed by atoms with Crippen LogP contribution in [0, 0.1) is 5.92 Å². The van der Waals surface area contributed by atoms with Gasteiger partial charge in [-0.25, -0.2) is 0 Å². The molecule has 2 atom stereocenters. The smallest absolute Gasteiger partial charge is 0.0236 e. The molecular weight excluding hydrogens is 232 g/mol. The molecule has 0 bridgehead atoms. The van der Waals surface area contributed by atoms with Gasteiger partial charge in [0, 0.05) is 12.6 Å². The summed E-state index contributed by atoms with van der Waals surface area (Å²) in [4.78, 5) is 2.65. The molecule has 0 radical (unpaired) electrons. The van der Waals surface area contributed by atoms with E-state index in [0.717, 1.165) is 31.6 Å². The first-order valence-electron chi connectivity index (χ1n) is 7.83. The van der Waals surface area contributed by atoms with E-state index in [1.54, 1.807) is 0 Å². The maximum absolute atomic E-state index is 3.58. The van der Waals surface area contributed by atoms with Gasteiger partial charge < -0.3 is 5.32 Å². The summed E-state index contributed by atoms with van der Waals surface area (Å²) in [6.07, 6.45) is 4.00. The number of hydrogen-bond donors (Lipinski definition) is 1. The van der Waals surface area contributed by atoms with E-state index < -0.39 is 0 Å². The van der Waals surface area contributed by atoms with Crippen molar-refractivity contribution in [3.8, 4) is 0 Å². The van der Waals surface area contributed by atoms with E-state index in [1.165, 1.54) is 31.4 Å². The second-order valence-corrected chi connectivity index (χ2v) is 5.66. The molecule has 1 aromatic rings. The van der Waals surface area contributed by atoms with Crippen molar-refractivity contribution < 1.29 is 0 Å². The van der Waals surface area contributed by atoms with E-state index in [9.17, 15) is 0 Å². The normalized spacial score (nSPS) is 22.5. The number of hydrogen-bond acceptors (Lipinski definition) is 2. The molecular formula is C17H28N2. The van der Waals surface area contributed by atoms with Gasteiger partial charge in [0.15, 0.2) is 0 Å². The summed E-state index contributed by atoms with van der Waals surface area (Å²) < 4.78 is 0. The minimum Gasteiger partial charge on any atom is -0.316 e. The molecule has 0 saturated heterocycles. The molecule has 0 aromatic heterocycles. The molecule has 19 heavy (non-hydrogen) atoms. The van der Waals surface area contributed by atoms with Gasteiger partial charge in [0.1, 0.15) is 0 Å². The van der Waals surface area contributed by atoms with Crippen molar-refractivity contribution in [2.24, 2.45) is 5.92 Å². The van der Waals surface area contributed by atoms with Crippen molar-refractivity contribution in [1.29, 1.82) is 0 Å². The first-order valence-corrected chi connectivity index (χ1v) is 7.83. The van der Waals surface area contributed by atoms with Crippen molar-refractivity contribution in [2.75, 3.05) is 19.6 Å². The van der Waals surface area contributed by atoms with E-state index in [4.69, 9.17) is 0 Å². The fourth-order valence-electron chi connectivity index (χ4n) is 3.02. The zero-order chi connectivity index (χ0) is 13.5. The van der Waals surface area contributed by atoms with Crippen LogP contribution in [0.15, 0.2) is 30.3 Å². The molecule has 1 fully saturated rings. The predicted molar refractivity (Wildman–Crippen MR) is 82.2 cm³/mol. The summed E-state index contributed by atoms with van der Waals surface area (Å²) >= 11 is 0. The highest BCUT2D eigenvalue weighted by Gasteiger charge is 2.34. The fraction of sp³-hybridized carbons (Fsp3) is 0.647. The Labute approximate surface area is 118 Å². The van der Waals surface area contributed by atoms with Crippen LogP contribution < -0.4 is 5.32 Å². The minimum atomic E-state index is 0.787. The molecule has 1 saturated carbocycles. The highest BCUT2D eigenvalue weighted by Crippen LogP contribution is 2.32. The number of rotatable bonds is 8. The summed E-state index contributed by atoms with van der Waals surface area (Å²) in [5, 5.41) is 3.58. The SMILES string of the molecule is CCCNCC1CCC1N(CC)Cc1ccccc1. The third-order valence-corrected chi connectivity index (χ3v) is 4.31. The Morgan fingerprint density at radius 3 is 2.53 bits per heavy atom. The quantitative estimate of drug-likeness (QED) is 0.722. The largest absolute Gasteiger partial charge is 0.316 e. The van der Waals surface area contributed by atoms with E-state index in [-0.39, 0.29) is 0 Å². The first kappa shape index (κ1) is 14.5. The van der Waals surface area contributed by atoms with Gasteiger partial charge in [-0.1, -0.05) is 44.2 Å². The van der Waals surface area contributed by atoms with Gasteiger partial charge in [-0.15, -0.1) is 0 Å². The molecule has 0 amide bonds. The molecule has 1 N–H and O–H groups in total. The zero-order valence-corrected chi connectivity index (χ0v) is 12.4. The minimum absolute atomic E-state index is 0.787.